The number of ether oxygens (including phenoxy) is 1. The lowest BCUT2D eigenvalue weighted by atomic mass is 10.1. The molecule has 19 heavy (non-hydrogen) atoms. The molecule has 0 amide bonds. The van der Waals surface area contributed by atoms with Gasteiger partial charge in [-0.25, -0.2) is 0 Å². The van der Waals surface area contributed by atoms with Gasteiger partial charge in [-0.05, 0) is 25.0 Å². The third-order valence-corrected chi connectivity index (χ3v) is 3.26. The maximum atomic E-state index is 11.1. The van der Waals surface area contributed by atoms with Crippen molar-refractivity contribution in [3.05, 3.63) is 36.2 Å². The van der Waals surface area contributed by atoms with Crippen molar-refractivity contribution < 1.29 is 9.53 Å². The van der Waals surface area contributed by atoms with Crippen LogP contribution >= 0.6 is 0 Å². The molecule has 0 aliphatic heterocycles. The van der Waals surface area contributed by atoms with Gasteiger partial charge in [-0.3, -0.25) is 4.79 Å². The number of carbonyl (C=O) groups excluding carboxylic acids is 1. The fourth-order valence-electron chi connectivity index (χ4n) is 2.35. The van der Waals surface area contributed by atoms with Crippen LogP contribution < -0.4 is 4.74 Å². The molecule has 0 radical (unpaired) electrons. The van der Waals surface area contributed by atoms with Gasteiger partial charge in [0.2, 0.25) is 0 Å². The van der Waals surface area contributed by atoms with Crippen molar-refractivity contribution >= 4 is 11.5 Å². The third kappa shape index (κ3) is 3.37. The first-order chi connectivity index (χ1) is 9.22. The fourth-order valence-corrected chi connectivity index (χ4v) is 2.35. The van der Waals surface area contributed by atoms with E-state index in [0.717, 1.165) is 11.9 Å². The minimum atomic E-state index is -0.270. The predicted molar refractivity (Wildman–Crippen MR) is 76.6 cm³/mol. The lowest BCUT2D eigenvalue weighted by molar-refractivity contribution is -0.131. The number of esters is 1. The Kier molecular flexibility index (Phi) is 4.61. The van der Waals surface area contributed by atoms with Gasteiger partial charge in [0.05, 0.1) is 5.52 Å². The molecule has 0 N–H and O–H groups in total. The molecule has 0 aliphatic rings. The van der Waals surface area contributed by atoms with Gasteiger partial charge >= 0.3 is 5.97 Å². The van der Waals surface area contributed by atoms with Gasteiger partial charge in [-0.1, -0.05) is 32.3 Å². The third-order valence-electron chi connectivity index (χ3n) is 3.26. The van der Waals surface area contributed by atoms with Crippen LogP contribution in [0.5, 0.6) is 5.75 Å². The molecule has 0 aliphatic carbocycles. The zero-order valence-electron chi connectivity index (χ0n) is 11.7. The van der Waals surface area contributed by atoms with E-state index in [1.807, 2.05) is 30.5 Å². The van der Waals surface area contributed by atoms with E-state index in [-0.39, 0.29) is 5.97 Å². The van der Waals surface area contributed by atoms with E-state index in [0.29, 0.717) is 5.75 Å². The Morgan fingerprint density at radius 1 is 1.26 bits per heavy atom. The van der Waals surface area contributed by atoms with E-state index in [2.05, 4.69) is 11.3 Å². The van der Waals surface area contributed by atoms with Crippen molar-refractivity contribution in [3.63, 3.8) is 0 Å². The minimum Gasteiger partial charge on any atom is -0.424 e. The Labute approximate surface area is 114 Å². The molecule has 0 unspecified atom stereocenters. The number of pyridine rings is 1. The van der Waals surface area contributed by atoms with Gasteiger partial charge in [-0.15, -0.1) is 0 Å². The Morgan fingerprint density at radius 2 is 2.11 bits per heavy atom. The molecule has 0 fully saturated rings. The van der Waals surface area contributed by atoms with Crippen molar-refractivity contribution in [2.45, 2.75) is 46.0 Å². The monoisotopic (exact) mass is 259 g/mol. The summed E-state index contributed by atoms with van der Waals surface area (Å²) in [7, 11) is 0. The molecule has 2 rings (SSSR count). The topological polar surface area (TPSA) is 30.7 Å². The van der Waals surface area contributed by atoms with Crippen LogP contribution in [0, 0.1) is 0 Å². The van der Waals surface area contributed by atoms with E-state index < -0.39 is 0 Å². The van der Waals surface area contributed by atoms with Gasteiger partial charge < -0.3 is 9.14 Å². The first-order valence-electron chi connectivity index (χ1n) is 6.99. The lowest BCUT2D eigenvalue weighted by Gasteiger charge is -2.02. The van der Waals surface area contributed by atoms with Crippen molar-refractivity contribution in [1.29, 1.82) is 0 Å². The maximum Gasteiger partial charge on any atom is 0.308 e. The van der Waals surface area contributed by atoms with Gasteiger partial charge in [0, 0.05) is 24.9 Å². The van der Waals surface area contributed by atoms with Crippen molar-refractivity contribution in [2.75, 3.05) is 0 Å². The zero-order valence-corrected chi connectivity index (χ0v) is 11.7. The summed E-state index contributed by atoms with van der Waals surface area (Å²) in [5, 5.41) is 0. The van der Waals surface area contributed by atoms with E-state index in [9.17, 15) is 4.79 Å². The number of fused-ring (bicyclic) bond motifs is 1. The summed E-state index contributed by atoms with van der Waals surface area (Å²) in [4.78, 5) is 11.1. The van der Waals surface area contributed by atoms with Crippen LogP contribution in [0.1, 0.15) is 45.2 Å². The van der Waals surface area contributed by atoms with Crippen LogP contribution in [-0.4, -0.2) is 10.4 Å². The largest absolute Gasteiger partial charge is 0.424 e. The molecule has 0 aromatic carbocycles. The second-order valence-electron chi connectivity index (χ2n) is 4.86. The standard InChI is InChI=1S/C16H21NO2/c1-3-4-5-6-9-14-12-16(19-13(2)18)15-10-7-8-11-17(14)15/h7-8,10-12H,3-6,9H2,1-2H3. The molecule has 0 atom stereocenters. The summed E-state index contributed by atoms with van der Waals surface area (Å²) in [6.07, 6.45) is 7.99. The average Bonchev–Trinajstić information content (AvgIpc) is 2.73. The highest BCUT2D eigenvalue weighted by molar-refractivity contribution is 5.74. The summed E-state index contributed by atoms with van der Waals surface area (Å²) >= 11 is 0. The highest BCUT2D eigenvalue weighted by atomic mass is 16.5. The Balaban J connectivity index is 2.20. The highest BCUT2D eigenvalue weighted by Gasteiger charge is 2.10. The fraction of sp³-hybridized carbons (Fsp3) is 0.438. The molecule has 0 saturated carbocycles. The maximum absolute atomic E-state index is 11.1. The van der Waals surface area contributed by atoms with Crippen LogP contribution in [0.2, 0.25) is 0 Å². The number of rotatable bonds is 6. The number of hydrogen-bond donors (Lipinski definition) is 0. The Hall–Kier alpha value is -1.77. The van der Waals surface area contributed by atoms with Crippen molar-refractivity contribution in [3.8, 4) is 5.75 Å². The quantitative estimate of drug-likeness (QED) is 0.580. The van der Waals surface area contributed by atoms with Crippen LogP contribution in [0.3, 0.4) is 0 Å². The molecule has 0 saturated heterocycles. The van der Waals surface area contributed by atoms with Crippen molar-refractivity contribution in [2.24, 2.45) is 0 Å². The lowest BCUT2D eigenvalue weighted by Crippen LogP contribution is -2.00. The summed E-state index contributed by atoms with van der Waals surface area (Å²) in [5.74, 6) is 0.396. The number of aromatic nitrogens is 1. The van der Waals surface area contributed by atoms with E-state index in [4.69, 9.17) is 4.74 Å². The number of carbonyl (C=O) groups is 1. The molecule has 0 spiro atoms. The molecular weight excluding hydrogens is 238 g/mol. The Bertz CT molecular complexity index is 557. The predicted octanol–water partition coefficient (Wildman–Crippen LogP) is 3.99. The summed E-state index contributed by atoms with van der Waals surface area (Å²) in [6.45, 7) is 3.65. The molecule has 0 bridgehead atoms. The summed E-state index contributed by atoms with van der Waals surface area (Å²) in [6, 6.07) is 7.93. The average molecular weight is 259 g/mol. The first-order valence-corrected chi connectivity index (χ1v) is 6.99. The van der Waals surface area contributed by atoms with Gasteiger partial charge in [0.15, 0.2) is 5.75 Å². The molecule has 3 nitrogen and oxygen atoms in total. The second-order valence-corrected chi connectivity index (χ2v) is 4.86. The summed E-state index contributed by atoms with van der Waals surface area (Å²) in [5.41, 5.74) is 2.17. The van der Waals surface area contributed by atoms with Crippen molar-refractivity contribution in [1.82, 2.24) is 4.40 Å². The minimum absolute atomic E-state index is 0.270. The number of unbranched alkanes of at least 4 members (excludes halogenated alkanes) is 3. The SMILES string of the molecule is CCCCCCc1cc(OC(C)=O)c2ccccn12. The second kappa shape index (κ2) is 6.41. The number of aryl methyl sites for hydroxylation is 1. The number of nitrogens with zero attached hydrogens (tertiary/aromatic N) is 1. The Morgan fingerprint density at radius 3 is 2.84 bits per heavy atom. The van der Waals surface area contributed by atoms with E-state index in [1.165, 1.54) is 38.3 Å². The zero-order chi connectivity index (χ0) is 13.7. The van der Waals surface area contributed by atoms with E-state index >= 15 is 0 Å². The molecule has 2 aromatic rings. The molecular formula is C16H21NO2. The van der Waals surface area contributed by atoms with Gasteiger partial charge in [0.25, 0.3) is 0 Å². The summed E-state index contributed by atoms with van der Waals surface area (Å²) < 4.78 is 7.39. The van der Waals surface area contributed by atoms with Crippen LogP contribution in [0.4, 0.5) is 0 Å². The smallest absolute Gasteiger partial charge is 0.308 e. The molecule has 2 heterocycles. The first kappa shape index (κ1) is 13.7. The van der Waals surface area contributed by atoms with Crippen LogP contribution in [0.15, 0.2) is 30.5 Å². The molecule has 102 valence electrons. The molecule has 3 heteroatoms. The normalized spacial score (nSPS) is 10.8. The van der Waals surface area contributed by atoms with E-state index in [1.54, 1.807) is 0 Å². The highest BCUT2D eigenvalue weighted by Crippen LogP contribution is 2.26. The van der Waals surface area contributed by atoms with Crippen LogP contribution in [-0.2, 0) is 11.2 Å². The van der Waals surface area contributed by atoms with Gasteiger partial charge in [-0.2, -0.15) is 0 Å². The number of hydrogen-bond acceptors (Lipinski definition) is 2. The molecule has 2 aromatic heterocycles. The van der Waals surface area contributed by atoms with Crippen LogP contribution in [0.25, 0.3) is 5.52 Å². The van der Waals surface area contributed by atoms with Gasteiger partial charge in [0.1, 0.15) is 0 Å².